The fourth-order valence-electron chi connectivity index (χ4n) is 2.54. The molecule has 1 aromatic rings. The van der Waals surface area contributed by atoms with Gasteiger partial charge in [-0.1, -0.05) is 28.8 Å². The lowest BCUT2D eigenvalue weighted by Gasteiger charge is -2.15. The van der Waals surface area contributed by atoms with Crippen molar-refractivity contribution in [2.24, 2.45) is 0 Å². The van der Waals surface area contributed by atoms with Gasteiger partial charge >= 0.3 is 0 Å². The highest BCUT2D eigenvalue weighted by Crippen LogP contribution is 2.17. The standard InChI is InChI=1S/C17H24BrNO2/c18-11-3-1-2-6-14-21-16-9-7-15(8-10-16)17(20)19-12-4-5-13-19/h7-10H,1-6,11-14H2. The minimum absolute atomic E-state index is 0.147. The number of unbranched alkanes of at least 4 members (excludes halogenated alkanes) is 3. The van der Waals surface area contributed by atoms with Gasteiger partial charge in [-0.25, -0.2) is 0 Å². The van der Waals surface area contributed by atoms with Gasteiger partial charge in [0.25, 0.3) is 5.91 Å². The molecule has 0 aliphatic carbocycles. The summed E-state index contributed by atoms with van der Waals surface area (Å²) in [4.78, 5) is 14.1. The summed E-state index contributed by atoms with van der Waals surface area (Å²) in [6.07, 6.45) is 7.02. The van der Waals surface area contributed by atoms with Gasteiger partial charge in [0, 0.05) is 24.0 Å². The Kier molecular flexibility index (Phi) is 7.07. The number of carbonyl (C=O) groups is 1. The predicted octanol–water partition coefficient (Wildman–Crippen LogP) is 4.26. The van der Waals surface area contributed by atoms with Gasteiger partial charge in [-0.3, -0.25) is 4.79 Å². The fourth-order valence-corrected chi connectivity index (χ4v) is 2.93. The first-order valence-corrected chi connectivity index (χ1v) is 9.01. The first-order valence-electron chi connectivity index (χ1n) is 7.89. The summed E-state index contributed by atoms with van der Waals surface area (Å²) in [5.74, 6) is 1.00. The lowest BCUT2D eigenvalue weighted by atomic mass is 10.2. The predicted molar refractivity (Wildman–Crippen MR) is 89.3 cm³/mol. The van der Waals surface area contributed by atoms with Crippen LogP contribution in [-0.2, 0) is 0 Å². The van der Waals surface area contributed by atoms with E-state index < -0.39 is 0 Å². The molecule has 116 valence electrons. The number of carbonyl (C=O) groups excluding carboxylic acids is 1. The summed E-state index contributed by atoms with van der Waals surface area (Å²) >= 11 is 3.44. The quantitative estimate of drug-likeness (QED) is 0.516. The SMILES string of the molecule is O=C(c1ccc(OCCCCCCBr)cc1)N1CCCC1. The molecular formula is C17H24BrNO2. The second-order valence-electron chi connectivity index (χ2n) is 5.48. The van der Waals surface area contributed by atoms with Crippen LogP contribution in [0.4, 0.5) is 0 Å². The Balaban J connectivity index is 1.72. The Morgan fingerprint density at radius 1 is 1.05 bits per heavy atom. The van der Waals surface area contributed by atoms with E-state index in [-0.39, 0.29) is 5.91 Å². The Hall–Kier alpha value is -1.03. The van der Waals surface area contributed by atoms with Gasteiger partial charge in [0.2, 0.25) is 0 Å². The number of hydrogen-bond donors (Lipinski definition) is 0. The zero-order valence-electron chi connectivity index (χ0n) is 12.5. The van der Waals surface area contributed by atoms with Crippen LogP contribution < -0.4 is 4.74 Å². The number of alkyl halides is 1. The largest absolute Gasteiger partial charge is 0.494 e. The van der Waals surface area contributed by atoms with Gasteiger partial charge in [-0.2, -0.15) is 0 Å². The van der Waals surface area contributed by atoms with Gasteiger partial charge in [0.05, 0.1) is 6.61 Å². The number of ether oxygens (including phenoxy) is 1. The molecule has 0 aromatic heterocycles. The number of benzene rings is 1. The number of likely N-dealkylation sites (tertiary alicyclic amines) is 1. The minimum atomic E-state index is 0.147. The molecule has 4 heteroatoms. The molecule has 0 N–H and O–H groups in total. The summed E-state index contributed by atoms with van der Waals surface area (Å²) in [5, 5.41) is 1.08. The Labute approximate surface area is 135 Å². The van der Waals surface area contributed by atoms with E-state index in [0.29, 0.717) is 0 Å². The molecule has 1 fully saturated rings. The van der Waals surface area contributed by atoms with Gasteiger partial charge in [-0.15, -0.1) is 0 Å². The molecule has 0 radical (unpaired) electrons. The van der Waals surface area contributed by atoms with Crippen LogP contribution in [0, 0.1) is 0 Å². The monoisotopic (exact) mass is 353 g/mol. The first-order chi connectivity index (χ1) is 10.3. The molecule has 0 saturated carbocycles. The van der Waals surface area contributed by atoms with Crippen LogP contribution in [0.5, 0.6) is 5.75 Å². The van der Waals surface area contributed by atoms with E-state index in [4.69, 9.17) is 4.74 Å². The zero-order chi connectivity index (χ0) is 14.9. The molecular weight excluding hydrogens is 330 g/mol. The summed E-state index contributed by atoms with van der Waals surface area (Å²) < 4.78 is 5.71. The van der Waals surface area contributed by atoms with E-state index in [1.807, 2.05) is 29.2 Å². The van der Waals surface area contributed by atoms with Gasteiger partial charge in [0.15, 0.2) is 0 Å². The Morgan fingerprint density at radius 2 is 1.71 bits per heavy atom. The smallest absolute Gasteiger partial charge is 0.253 e. The molecule has 3 nitrogen and oxygen atoms in total. The van der Waals surface area contributed by atoms with Crippen LogP contribution in [0.25, 0.3) is 0 Å². The van der Waals surface area contributed by atoms with Crippen LogP contribution in [0.1, 0.15) is 48.9 Å². The molecule has 1 saturated heterocycles. The number of hydrogen-bond acceptors (Lipinski definition) is 2. The molecule has 0 spiro atoms. The number of rotatable bonds is 8. The third kappa shape index (κ3) is 5.34. The number of amides is 1. The maximum absolute atomic E-state index is 12.2. The molecule has 21 heavy (non-hydrogen) atoms. The van der Waals surface area contributed by atoms with Crippen molar-refractivity contribution in [3.63, 3.8) is 0 Å². The average Bonchev–Trinajstić information content (AvgIpc) is 3.05. The van der Waals surface area contributed by atoms with Gasteiger partial charge < -0.3 is 9.64 Å². The molecule has 2 rings (SSSR count). The van der Waals surface area contributed by atoms with E-state index in [1.54, 1.807) is 0 Å². The molecule has 1 aromatic carbocycles. The highest BCUT2D eigenvalue weighted by atomic mass is 79.9. The summed E-state index contributed by atoms with van der Waals surface area (Å²) in [6, 6.07) is 7.56. The van der Waals surface area contributed by atoms with Crippen molar-refractivity contribution in [1.29, 1.82) is 0 Å². The van der Waals surface area contributed by atoms with E-state index in [9.17, 15) is 4.79 Å². The summed E-state index contributed by atoms with van der Waals surface area (Å²) in [7, 11) is 0. The maximum atomic E-state index is 12.2. The van der Waals surface area contributed by atoms with Crippen molar-refractivity contribution < 1.29 is 9.53 Å². The zero-order valence-corrected chi connectivity index (χ0v) is 14.1. The van der Waals surface area contributed by atoms with Gasteiger partial charge in [0.1, 0.15) is 5.75 Å². The maximum Gasteiger partial charge on any atom is 0.253 e. The van der Waals surface area contributed by atoms with E-state index in [1.165, 1.54) is 19.3 Å². The van der Waals surface area contributed by atoms with Gasteiger partial charge in [-0.05, 0) is 49.9 Å². The molecule has 1 amide bonds. The van der Waals surface area contributed by atoms with Crippen molar-refractivity contribution in [2.75, 3.05) is 25.0 Å². The Morgan fingerprint density at radius 3 is 2.38 bits per heavy atom. The molecule has 0 unspecified atom stereocenters. The molecule has 1 aliphatic heterocycles. The number of nitrogens with zero attached hydrogens (tertiary/aromatic N) is 1. The highest BCUT2D eigenvalue weighted by molar-refractivity contribution is 9.09. The first kappa shape index (κ1) is 16.3. The van der Waals surface area contributed by atoms with Crippen molar-refractivity contribution >= 4 is 21.8 Å². The molecule has 0 bridgehead atoms. The average molecular weight is 354 g/mol. The van der Waals surface area contributed by atoms with Crippen LogP contribution in [0.2, 0.25) is 0 Å². The summed E-state index contributed by atoms with van der Waals surface area (Å²) in [5.41, 5.74) is 0.765. The van der Waals surface area contributed by atoms with E-state index in [0.717, 1.165) is 55.6 Å². The van der Waals surface area contributed by atoms with Crippen molar-refractivity contribution in [3.05, 3.63) is 29.8 Å². The Bertz CT molecular complexity index is 427. The molecule has 1 heterocycles. The topological polar surface area (TPSA) is 29.5 Å². The minimum Gasteiger partial charge on any atom is -0.494 e. The highest BCUT2D eigenvalue weighted by Gasteiger charge is 2.19. The van der Waals surface area contributed by atoms with Crippen LogP contribution >= 0.6 is 15.9 Å². The van der Waals surface area contributed by atoms with Crippen molar-refractivity contribution in [2.45, 2.75) is 38.5 Å². The van der Waals surface area contributed by atoms with Crippen molar-refractivity contribution in [1.82, 2.24) is 4.90 Å². The lowest BCUT2D eigenvalue weighted by Crippen LogP contribution is -2.27. The lowest BCUT2D eigenvalue weighted by molar-refractivity contribution is 0.0793. The van der Waals surface area contributed by atoms with Crippen molar-refractivity contribution in [3.8, 4) is 5.75 Å². The fraction of sp³-hybridized carbons (Fsp3) is 0.588. The molecule has 0 atom stereocenters. The van der Waals surface area contributed by atoms with Crippen LogP contribution in [0.3, 0.4) is 0 Å². The summed E-state index contributed by atoms with van der Waals surface area (Å²) in [6.45, 7) is 2.54. The second-order valence-corrected chi connectivity index (χ2v) is 6.27. The van der Waals surface area contributed by atoms with E-state index >= 15 is 0 Å². The number of halogens is 1. The third-order valence-electron chi connectivity index (χ3n) is 3.79. The van der Waals surface area contributed by atoms with Crippen LogP contribution in [-0.4, -0.2) is 35.8 Å². The molecule has 1 aliphatic rings. The third-order valence-corrected chi connectivity index (χ3v) is 4.35. The van der Waals surface area contributed by atoms with Crippen LogP contribution in [0.15, 0.2) is 24.3 Å². The second kappa shape index (κ2) is 9.08. The van der Waals surface area contributed by atoms with E-state index in [2.05, 4.69) is 15.9 Å². The normalized spacial score (nSPS) is 14.4.